The van der Waals surface area contributed by atoms with Crippen molar-refractivity contribution in [1.29, 1.82) is 0 Å². The second kappa shape index (κ2) is 13.8. The minimum Gasteiger partial charge on any atom is -0.481 e. The molecule has 3 unspecified atom stereocenters. The van der Waals surface area contributed by atoms with Crippen LogP contribution in [-0.4, -0.2) is 77.0 Å². The molecule has 0 fully saturated rings. The molecule has 30 heavy (non-hydrogen) atoms. The molecular formula is C16H28N6O8. The Labute approximate surface area is 171 Å². The standard InChI is InChI=1S/C16H28N6O8/c17-4-2-1-3-9(22-14(27)8(18)5-11(19)23)15(28)20-7-12(24)21-10(16(29)30)6-13(25)26/h8-10H,1-7,17-18H2,(H2,19,23)(H,20,28)(H,21,24)(H,22,27)(H,25,26)(H,29,30). The average molecular weight is 432 g/mol. The number of carbonyl (C=O) groups excluding carboxylic acids is 4. The van der Waals surface area contributed by atoms with Crippen molar-refractivity contribution in [3.63, 3.8) is 0 Å². The Bertz CT molecular complexity index is 656. The second-order valence-electron chi connectivity index (χ2n) is 6.40. The van der Waals surface area contributed by atoms with E-state index in [1.165, 1.54) is 0 Å². The van der Waals surface area contributed by atoms with Crippen LogP contribution in [0.1, 0.15) is 32.1 Å². The first kappa shape index (κ1) is 26.7. The normalized spacial score (nSPS) is 13.4. The van der Waals surface area contributed by atoms with Gasteiger partial charge in [-0.3, -0.25) is 24.0 Å². The van der Waals surface area contributed by atoms with Crippen molar-refractivity contribution in [2.24, 2.45) is 17.2 Å². The molecule has 0 aliphatic carbocycles. The van der Waals surface area contributed by atoms with Gasteiger partial charge in [-0.05, 0) is 25.8 Å². The van der Waals surface area contributed by atoms with Crippen LogP contribution in [0.25, 0.3) is 0 Å². The van der Waals surface area contributed by atoms with Crippen molar-refractivity contribution < 1.29 is 39.0 Å². The molecular weight excluding hydrogens is 404 g/mol. The molecule has 0 radical (unpaired) electrons. The number of unbranched alkanes of at least 4 members (excludes halogenated alkanes) is 1. The van der Waals surface area contributed by atoms with Gasteiger partial charge in [0, 0.05) is 0 Å². The zero-order valence-corrected chi connectivity index (χ0v) is 16.3. The van der Waals surface area contributed by atoms with Gasteiger partial charge in [-0.2, -0.15) is 0 Å². The third-order valence-electron chi connectivity index (χ3n) is 3.77. The van der Waals surface area contributed by atoms with Crippen LogP contribution in [0.5, 0.6) is 0 Å². The summed E-state index contributed by atoms with van der Waals surface area (Å²) in [6, 6.07) is -4.02. The highest BCUT2D eigenvalue weighted by molar-refractivity contribution is 5.94. The number of carboxylic acid groups (broad SMARTS) is 2. The Kier molecular flexibility index (Phi) is 12.3. The Balaban J connectivity index is 4.88. The zero-order chi connectivity index (χ0) is 23.3. The van der Waals surface area contributed by atoms with Crippen molar-refractivity contribution in [2.75, 3.05) is 13.1 Å². The van der Waals surface area contributed by atoms with Gasteiger partial charge in [0.05, 0.1) is 25.4 Å². The number of nitrogens with one attached hydrogen (secondary N) is 3. The third kappa shape index (κ3) is 11.6. The Morgan fingerprint density at radius 3 is 2.00 bits per heavy atom. The Morgan fingerprint density at radius 2 is 1.50 bits per heavy atom. The van der Waals surface area contributed by atoms with E-state index < -0.39 is 73.1 Å². The monoisotopic (exact) mass is 432 g/mol. The number of aliphatic carboxylic acids is 2. The van der Waals surface area contributed by atoms with E-state index >= 15 is 0 Å². The maximum atomic E-state index is 12.3. The number of rotatable bonds is 15. The highest BCUT2D eigenvalue weighted by Crippen LogP contribution is 2.02. The minimum atomic E-state index is -1.67. The van der Waals surface area contributed by atoms with Crippen LogP contribution < -0.4 is 33.2 Å². The van der Waals surface area contributed by atoms with Crippen molar-refractivity contribution in [2.45, 2.75) is 50.2 Å². The molecule has 4 amide bonds. The molecule has 0 aliphatic rings. The fourth-order valence-electron chi connectivity index (χ4n) is 2.26. The van der Waals surface area contributed by atoms with Crippen LogP contribution in [0.3, 0.4) is 0 Å². The summed E-state index contributed by atoms with van der Waals surface area (Å²) >= 11 is 0. The Hall–Kier alpha value is -3.26. The smallest absolute Gasteiger partial charge is 0.326 e. The lowest BCUT2D eigenvalue weighted by Gasteiger charge is -2.20. The number of nitrogens with two attached hydrogens (primary N) is 3. The van der Waals surface area contributed by atoms with E-state index in [1.54, 1.807) is 0 Å². The van der Waals surface area contributed by atoms with Gasteiger partial charge in [0.25, 0.3) is 0 Å². The molecule has 0 aromatic rings. The van der Waals surface area contributed by atoms with Crippen molar-refractivity contribution in [1.82, 2.24) is 16.0 Å². The lowest BCUT2D eigenvalue weighted by Crippen LogP contribution is -2.54. The van der Waals surface area contributed by atoms with Crippen molar-refractivity contribution in [3.8, 4) is 0 Å². The molecule has 0 aliphatic heterocycles. The van der Waals surface area contributed by atoms with Gasteiger partial charge in [0.1, 0.15) is 12.1 Å². The molecule has 0 heterocycles. The number of carbonyl (C=O) groups is 6. The van der Waals surface area contributed by atoms with E-state index in [-0.39, 0.29) is 6.42 Å². The molecule has 0 spiro atoms. The number of carboxylic acids is 2. The van der Waals surface area contributed by atoms with Gasteiger partial charge in [-0.15, -0.1) is 0 Å². The Morgan fingerprint density at radius 1 is 0.867 bits per heavy atom. The van der Waals surface area contributed by atoms with E-state index in [1.807, 2.05) is 5.32 Å². The number of amides is 4. The van der Waals surface area contributed by atoms with Crippen LogP contribution in [0.15, 0.2) is 0 Å². The highest BCUT2D eigenvalue weighted by Gasteiger charge is 2.26. The van der Waals surface area contributed by atoms with Crippen LogP contribution in [-0.2, 0) is 28.8 Å². The van der Waals surface area contributed by atoms with Crippen molar-refractivity contribution >= 4 is 35.6 Å². The molecule has 0 saturated heterocycles. The minimum absolute atomic E-state index is 0.163. The molecule has 11 N–H and O–H groups in total. The van der Waals surface area contributed by atoms with Crippen LogP contribution >= 0.6 is 0 Å². The molecule has 3 atom stereocenters. The summed E-state index contributed by atoms with van der Waals surface area (Å²) < 4.78 is 0. The van der Waals surface area contributed by atoms with E-state index in [0.29, 0.717) is 19.4 Å². The summed E-state index contributed by atoms with van der Waals surface area (Å²) in [4.78, 5) is 68.7. The quantitative estimate of drug-likeness (QED) is 0.116. The van der Waals surface area contributed by atoms with Crippen LogP contribution in [0.2, 0.25) is 0 Å². The van der Waals surface area contributed by atoms with Crippen LogP contribution in [0, 0.1) is 0 Å². The average Bonchev–Trinajstić information content (AvgIpc) is 2.63. The van der Waals surface area contributed by atoms with E-state index in [9.17, 15) is 28.8 Å². The lowest BCUT2D eigenvalue weighted by atomic mass is 10.1. The number of primary amides is 1. The number of hydrogen-bond acceptors (Lipinski definition) is 8. The summed E-state index contributed by atoms with van der Waals surface area (Å²) in [5.41, 5.74) is 15.9. The summed E-state index contributed by atoms with van der Waals surface area (Å²) in [5, 5.41) is 24.1. The zero-order valence-electron chi connectivity index (χ0n) is 16.3. The third-order valence-corrected chi connectivity index (χ3v) is 3.77. The first-order chi connectivity index (χ1) is 14.0. The topological polar surface area (TPSA) is 257 Å². The lowest BCUT2D eigenvalue weighted by molar-refractivity contribution is -0.147. The first-order valence-corrected chi connectivity index (χ1v) is 9.03. The van der Waals surface area contributed by atoms with Gasteiger partial charge >= 0.3 is 11.9 Å². The summed E-state index contributed by atoms with van der Waals surface area (Å²) in [5.74, 6) is -6.26. The van der Waals surface area contributed by atoms with Gasteiger partial charge in [-0.1, -0.05) is 0 Å². The van der Waals surface area contributed by atoms with E-state index in [2.05, 4.69) is 10.6 Å². The maximum Gasteiger partial charge on any atom is 0.326 e. The number of hydrogen-bond donors (Lipinski definition) is 8. The molecule has 14 heteroatoms. The fourth-order valence-corrected chi connectivity index (χ4v) is 2.26. The predicted octanol–water partition coefficient (Wildman–Crippen LogP) is -4.04. The molecule has 14 nitrogen and oxygen atoms in total. The predicted molar refractivity (Wildman–Crippen MR) is 101 cm³/mol. The molecule has 0 saturated carbocycles. The first-order valence-electron chi connectivity index (χ1n) is 9.03. The van der Waals surface area contributed by atoms with Gasteiger partial charge in [-0.25, -0.2) is 4.79 Å². The molecule has 170 valence electrons. The summed E-state index contributed by atoms with van der Waals surface area (Å²) in [7, 11) is 0. The maximum absolute atomic E-state index is 12.3. The van der Waals surface area contributed by atoms with Crippen molar-refractivity contribution in [3.05, 3.63) is 0 Å². The van der Waals surface area contributed by atoms with E-state index in [0.717, 1.165) is 0 Å². The van der Waals surface area contributed by atoms with Gasteiger partial charge in [0.2, 0.25) is 23.6 Å². The molecule has 0 bridgehead atoms. The summed E-state index contributed by atoms with van der Waals surface area (Å²) in [6.07, 6.45) is -0.0820. The molecule has 0 aromatic carbocycles. The SMILES string of the molecule is NCCCCC(NC(=O)C(N)CC(N)=O)C(=O)NCC(=O)NC(CC(=O)O)C(=O)O. The van der Waals surface area contributed by atoms with Gasteiger partial charge < -0.3 is 43.4 Å². The largest absolute Gasteiger partial charge is 0.481 e. The molecule has 0 aromatic heterocycles. The second-order valence-corrected chi connectivity index (χ2v) is 6.40. The van der Waals surface area contributed by atoms with Gasteiger partial charge in [0.15, 0.2) is 0 Å². The molecule has 0 rings (SSSR count). The highest BCUT2D eigenvalue weighted by atomic mass is 16.4. The summed E-state index contributed by atoms with van der Waals surface area (Å²) in [6.45, 7) is -0.301. The fraction of sp³-hybridized carbons (Fsp3) is 0.625. The van der Waals surface area contributed by atoms with E-state index in [4.69, 9.17) is 27.4 Å². The van der Waals surface area contributed by atoms with Crippen LogP contribution in [0.4, 0.5) is 0 Å².